The number of nitrogens with one attached hydrogen (secondary N) is 1. The predicted molar refractivity (Wildman–Crippen MR) is 73.6 cm³/mol. The average molecular weight is 244 g/mol. The summed E-state index contributed by atoms with van der Waals surface area (Å²) in [6.45, 7) is 3.10. The Kier molecular flexibility index (Phi) is 3.35. The molecule has 2 heterocycles. The fourth-order valence-corrected chi connectivity index (χ4v) is 2.72. The number of benzene rings is 1. The van der Waals surface area contributed by atoms with Crippen molar-refractivity contribution in [2.24, 2.45) is 0 Å². The van der Waals surface area contributed by atoms with Crippen LogP contribution >= 0.6 is 0 Å². The van der Waals surface area contributed by atoms with Crippen molar-refractivity contribution in [3.63, 3.8) is 0 Å². The quantitative estimate of drug-likeness (QED) is 0.896. The van der Waals surface area contributed by atoms with E-state index < -0.39 is 0 Å². The van der Waals surface area contributed by atoms with E-state index >= 15 is 0 Å². The molecule has 0 saturated carbocycles. The highest BCUT2D eigenvalue weighted by atomic mass is 16.3. The third-order valence-electron chi connectivity index (χ3n) is 3.83. The number of hydrogen-bond donors (Lipinski definition) is 1. The summed E-state index contributed by atoms with van der Waals surface area (Å²) < 4.78 is 5.78. The third kappa shape index (κ3) is 2.42. The Morgan fingerprint density at radius 2 is 2.28 bits per heavy atom. The number of likely N-dealkylation sites (tertiary alicyclic amines) is 1. The summed E-state index contributed by atoms with van der Waals surface area (Å²) in [5.41, 5.74) is 0.979. The standard InChI is InChI=1S/C15H20N2O/c1-17-8-4-6-13(17)10-16-11-14-9-12-5-2-3-7-15(12)18-14/h2-3,5,7,9,13,16H,4,6,8,10-11H2,1H3. The summed E-state index contributed by atoms with van der Waals surface area (Å²) >= 11 is 0. The zero-order chi connectivity index (χ0) is 12.4. The van der Waals surface area contributed by atoms with E-state index in [-0.39, 0.29) is 0 Å². The lowest BCUT2D eigenvalue weighted by molar-refractivity contribution is 0.298. The Labute approximate surface area is 108 Å². The number of furan rings is 1. The molecule has 3 rings (SSSR count). The molecule has 1 aliphatic heterocycles. The first kappa shape index (κ1) is 11.8. The Morgan fingerprint density at radius 1 is 1.39 bits per heavy atom. The molecule has 0 spiro atoms. The number of nitrogens with zero attached hydrogens (tertiary/aromatic N) is 1. The van der Waals surface area contributed by atoms with E-state index in [0.29, 0.717) is 6.04 Å². The molecule has 1 aromatic carbocycles. The zero-order valence-electron chi connectivity index (χ0n) is 10.9. The highest BCUT2D eigenvalue weighted by molar-refractivity contribution is 5.77. The second kappa shape index (κ2) is 5.12. The second-order valence-corrected chi connectivity index (χ2v) is 5.16. The molecule has 1 saturated heterocycles. The van der Waals surface area contributed by atoms with Crippen molar-refractivity contribution in [2.75, 3.05) is 20.1 Å². The number of rotatable bonds is 4. The summed E-state index contributed by atoms with van der Waals surface area (Å²) in [5.74, 6) is 1.02. The first-order valence-electron chi connectivity index (χ1n) is 6.71. The van der Waals surface area contributed by atoms with Gasteiger partial charge >= 0.3 is 0 Å². The maximum absolute atomic E-state index is 5.78. The van der Waals surface area contributed by atoms with E-state index in [2.05, 4.69) is 29.4 Å². The Balaban J connectivity index is 1.56. The van der Waals surface area contributed by atoms with E-state index in [1.165, 1.54) is 24.8 Å². The van der Waals surface area contributed by atoms with Crippen LogP contribution in [0.1, 0.15) is 18.6 Å². The van der Waals surface area contributed by atoms with Gasteiger partial charge in [0.15, 0.2) is 0 Å². The van der Waals surface area contributed by atoms with E-state index in [1.54, 1.807) is 0 Å². The molecule has 3 heteroatoms. The van der Waals surface area contributed by atoms with E-state index in [4.69, 9.17) is 4.42 Å². The summed E-state index contributed by atoms with van der Waals surface area (Å²) in [6, 6.07) is 11.0. The van der Waals surface area contributed by atoms with Crippen molar-refractivity contribution in [3.05, 3.63) is 36.1 Å². The summed E-state index contributed by atoms with van der Waals surface area (Å²) in [7, 11) is 2.21. The van der Waals surface area contributed by atoms with Gasteiger partial charge in [0.1, 0.15) is 11.3 Å². The van der Waals surface area contributed by atoms with Crippen LogP contribution in [0.4, 0.5) is 0 Å². The van der Waals surface area contributed by atoms with Crippen LogP contribution < -0.4 is 5.32 Å². The molecule has 1 N–H and O–H groups in total. The third-order valence-corrected chi connectivity index (χ3v) is 3.83. The van der Waals surface area contributed by atoms with Crippen LogP contribution in [-0.2, 0) is 6.54 Å². The Bertz CT molecular complexity index is 487. The second-order valence-electron chi connectivity index (χ2n) is 5.16. The first-order valence-corrected chi connectivity index (χ1v) is 6.71. The topological polar surface area (TPSA) is 28.4 Å². The Hall–Kier alpha value is -1.32. The van der Waals surface area contributed by atoms with Gasteiger partial charge in [0.25, 0.3) is 0 Å². The van der Waals surface area contributed by atoms with Gasteiger partial charge in [-0.3, -0.25) is 0 Å². The van der Waals surface area contributed by atoms with Gasteiger partial charge in [-0.25, -0.2) is 0 Å². The average Bonchev–Trinajstić information content (AvgIpc) is 2.96. The normalized spacial score (nSPS) is 20.8. The van der Waals surface area contributed by atoms with Crippen LogP contribution in [0.5, 0.6) is 0 Å². The lowest BCUT2D eigenvalue weighted by Crippen LogP contribution is -2.35. The van der Waals surface area contributed by atoms with Crippen LogP contribution in [0, 0.1) is 0 Å². The van der Waals surface area contributed by atoms with Gasteiger partial charge in [-0.15, -0.1) is 0 Å². The fourth-order valence-electron chi connectivity index (χ4n) is 2.72. The minimum Gasteiger partial charge on any atom is -0.460 e. The minimum absolute atomic E-state index is 0.689. The molecule has 1 atom stereocenters. The fraction of sp³-hybridized carbons (Fsp3) is 0.467. The monoisotopic (exact) mass is 244 g/mol. The zero-order valence-corrected chi connectivity index (χ0v) is 10.9. The molecule has 0 amide bonds. The van der Waals surface area contributed by atoms with E-state index in [0.717, 1.165) is 24.4 Å². The molecule has 2 aromatic rings. The lowest BCUT2D eigenvalue weighted by atomic mass is 10.2. The van der Waals surface area contributed by atoms with E-state index in [9.17, 15) is 0 Å². The summed E-state index contributed by atoms with van der Waals surface area (Å²) in [4.78, 5) is 2.44. The van der Waals surface area contributed by atoms with Crippen molar-refractivity contribution >= 4 is 11.0 Å². The largest absolute Gasteiger partial charge is 0.460 e. The molecule has 1 aromatic heterocycles. The first-order chi connectivity index (χ1) is 8.83. The van der Waals surface area contributed by atoms with Crippen molar-refractivity contribution in [1.29, 1.82) is 0 Å². The SMILES string of the molecule is CN1CCCC1CNCc1cc2ccccc2o1. The van der Waals surface area contributed by atoms with Crippen molar-refractivity contribution in [3.8, 4) is 0 Å². The maximum Gasteiger partial charge on any atom is 0.134 e. The van der Waals surface area contributed by atoms with Crippen molar-refractivity contribution in [1.82, 2.24) is 10.2 Å². The van der Waals surface area contributed by atoms with Gasteiger partial charge in [-0.1, -0.05) is 18.2 Å². The smallest absolute Gasteiger partial charge is 0.134 e. The highest BCUT2D eigenvalue weighted by Crippen LogP contribution is 2.19. The molecule has 1 fully saturated rings. The van der Waals surface area contributed by atoms with Gasteiger partial charge in [0.05, 0.1) is 6.54 Å². The molecule has 0 radical (unpaired) electrons. The number of para-hydroxylation sites is 1. The van der Waals surface area contributed by atoms with Crippen molar-refractivity contribution in [2.45, 2.75) is 25.4 Å². The summed E-state index contributed by atoms with van der Waals surface area (Å²) in [5, 5.41) is 4.69. The summed E-state index contributed by atoms with van der Waals surface area (Å²) in [6.07, 6.45) is 2.64. The molecular formula is C15H20N2O. The molecule has 1 unspecified atom stereocenters. The molecular weight excluding hydrogens is 224 g/mol. The van der Waals surface area contributed by atoms with Crippen LogP contribution in [0.2, 0.25) is 0 Å². The van der Waals surface area contributed by atoms with Crippen LogP contribution in [0.3, 0.4) is 0 Å². The molecule has 1 aliphatic rings. The van der Waals surface area contributed by atoms with Gasteiger partial charge in [-0.2, -0.15) is 0 Å². The molecule has 96 valence electrons. The molecule has 18 heavy (non-hydrogen) atoms. The Morgan fingerprint density at radius 3 is 3.06 bits per heavy atom. The number of fused-ring (bicyclic) bond motifs is 1. The van der Waals surface area contributed by atoms with Gasteiger partial charge in [0, 0.05) is 18.0 Å². The van der Waals surface area contributed by atoms with Crippen LogP contribution in [0.15, 0.2) is 34.7 Å². The number of likely N-dealkylation sites (N-methyl/N-ethyl adjacent to an activating group) is 1. The minimum atomic E-state index is 0.689. The predicted octanol–water partition coefficient (Wildman–Crippen LogP) is 2.62. The van der Waals surface area contributed by atoms with Crippen molar-refractivity contribution < 1.29 is 4.42 Å². The van der Waals surface area contributed by atoms with Crippen LogP contribution in [0.25, 0.3) is 11.0 Å². The van der Waals surface area contributed by atoms with Gasteiger partial charge in [-0.05, 0) is 38.6 Å². The number of hydrogen-bond acceptors (Lipinski definition) is 3. The van der Waals surface area contributed by atoms with Gasteiger partial charge < -0.3 is 14.6 Å². The van der Waals surface area contributed by atoms with E-state index in [1.807, 2.05) is 18.2 Å². The van der Waals surface area contributed by atoms with Gasteiger partial charge in [0.2, 0.25) is 0 Å². The molecule has 0 bridgehead atoms. The maximum atomic E-state index is 5.78. The molecule has 3 nitrogen and oxygen atoms in total. The highest BCUT2D eigenvalue weighted by Gasteiger charge is 2.19. The molecule has 0 aliphatic carbocycles. The van der Waals surface area contributed by atoms with Crippen LogP contribution in [-0.4, -0.2) is 31.1 Å². The lowest BCUT2D eigenvalue weighted by Gasteiger charge is -2.19.